The van der Waals surface area contributed by atoms with Crippen LogP contribution >= 0.6 is 35.3 Å². The molecule has 5 nitrogen and oxygen atoms in total. The molecule has 1 aromatic rings. The van der Waals surface area contributed by atoms with Gasteiger partial charge in [0.15, 0.2) is 5.96 Å². The number of fused-ring (bicyclic) bond motifs is 1. The van der Waals surface area contributed by atoms with Gasteiger partial charge in [0.2, 0.25) is 5.91 Å². The number of likely N-dealkylation sites (tertiary alicyclic amines) is 1. The third-order valence-corrected chi connectivity index (χ3v) is 6.02. The maximum absolute atomic E-state index is 11.9. The number of nitrogens with zero attached hydrogens (tertiary/aromatic N) is 3. The van der Waals surface area contributed by atoms with Crippen LogP contribution in [0.2, 0.25) is 0 Å². The summed E-state index contributed by atoms with van der Waals surface area (Å²) in [5.41, 5.74) is 0. The first-order chi connectivity index (χ1) is 11.6. The molecule has 3 rings (SSSR count). The molecule has 2 unspecified atom stereocenters. The van der Waals surface area contributed by atoms with E-state index in [0.717, 1.165) is 37.4 Å². The Kier molecular flexibility index (Phi) is 7.99. The summed E-state index contributed by atoms with van der Waals surface area (Å²) in [6, 6.07) is 4.20. The number of nitrogens with one attached hydrogen (secondary N) is 1. The van der Waals surface area contributed by atoms with Gasteiger partial charge >= 0.3 is 0 Å². The fourth-order valence-corrected chi connectivity index (χ4v) is 4.35. The van der Waals surface area contributed by atoms with Crippen molar-refractivity contribution in [2.75, 3.05) is 33.7 Å². The number of rotatable bonds is 4. The van der Waals surface area contributed by atoms with E-state index in [1.165, 1.54) is 30.6 Å². The van der Waals surface area contributed by atoms with E-state index in [1.807, 2.05) is 0 Å². The van der Waals surface area contributed by atoms with E-state index in [-0.39, 0.29) is 36.4 Å². The molecule has 1 saturated carbocycles. The van der Waals surface area contributed by atoms with Crippen molar-refractivity contribution in [3.05, 3.63) is 22.4 Å². The summed E-state index contributed by atoms with van der Waals surface area (Å²) in [6.07, 6.45) is 5.42. The molecule has 25 heavy (non-hydrogen) atoms. The smallest absolute Gasteiger partial charge is 0.243 e. The monoisotopic (exact) mass is 476 g/mol. The van der Waals surface area contributed by atoms with Crippen LogP contribution in [0.25, 0.3) is 0 Å². The summed E-state index contributed by atoms with van der Waals surface area (Å²) in [4.78, 5) is 21.8. The van der Waals surface area contributed by atoms with Gasteiger partial charge in [-0.3, -0.25) is 4.79 Å². The second-order valence-electron chi connectivity index (χ2n) is 7.07. The molecule has 1 aliphatic heterocycles. The lowest BCUT2D eigenvalue weighted by Gasteiger charge is -2.22. The average molecular weight is 476 g/mol. The SMILES string of the molecule is CN(C)C(=O)CN=C(NCc1cccs1)N1CC2CCCCC2C1.I. The van der Waals surface area contributed by atoms with Crippen molar-refractivity contribution in [2.24, 2.45) is 16.8 Å². The molecular formula is C18H29IN4OS. The highest BCUT2D eigenvalue weighted by Gasteiger charge is 2.35. The number of carbonyl (C=O) groups is 1. The molecule has 2 heterocycles. The van der Waals surface area contributed by atoms with Gasteiger partial charge in [-0.1, -0.05) is 18.9 Å². The van der Waals surface area contributed by atoms with Gasteiger partial charge in [0, 0.05) is 32.1 Å². The second kappa shape index (κ2) is 9.75. The first-order valence-corrected chi connectivity index (χ1v) is 9.77. The molecule has 0 radical (unpaired) electrons. The lowest BCUT2D eigenvalue weighted by molar-refractivity contribution is -0.127. The maximum Gasteiger partial charge on any atom is 0.243 e. The molecule has 1 saturated heterocycles. The van der Waals surface area contributed by atoms with E-state index in [0.29, 0.717) is 0 Å². The van der Waals surface area contributed by atoms with Crippen molar-refractivity contribution in [2.45, 2.75) is 32.2 Å². The highest BCUT2D eigenvalue weighted by atomic mass is 127. The van der Waals surface area contributed by atoms with Crippen LogP contribution in [-0.4, -0.2) is 55.4 Å². The topological polar surface area (TPSA) is 47.9 Å². The lowest BCUT2D eigenvalue weighted by Crippen LogP contribution is -2.40. The normalized spacial score (nSPS) is 23.0. The molecule has 0 bridgehead atoms. The van der Waals surface area contributed by atoms with Gasteiger partial charge < -0.3 is 15.1 Å². The van der Waals surface area contributed by atoms with Crippen molar-refractivity contribution >= 4 is 47.2 Å². The Bertz CT molecular complexity index is 562. The summed E-state index contributed by atoms with van der Waals surface area (Å²) in [5.74, 6) is 2.55. The number of halogens is 1. The standard InChI is InChI=1S/C18H28N4OS.HI/c1-21(2)17(23)11-20-18(19-10-16-8-5-9-24-16)22-12-14-6-3-4-7-15(14)13-22;/h5,8-9,14-15H,3-4,6-7,10-13H2,1-2H3,(H,19,20);1H. The first-order valence-electron chi connectivity index (χ1n) is 8.89. The second-order valence-corrected chi connectivity index (χ2v) is 8.10. The molecule has 1 amide bonds. The van der Waals surface area contributed by atoms with E-state index in [4.69, 9.17) is 0 Å². The van der Waals surface area contributed by atoms with Gasteiger partial charge in [-0.2, -0.15) is 0 Å². The summed E-state index contributed by atoms with van der Waals surface area (Å²) >= 11 is 1.75. The van der Waals surface area contributed by atoms with Crippen LogP contribution in [0, 0.1) is 11.8 Å². The molecule has 1 aliphatic carbocycles. The molecule has 0 aromatic carbocycles. The van der Waals surface area contributed by atoms with Crippen LogP contribution < -0.4 is 5.32 Å². The molecule has 140 valence electrons. The van der Waals surface area contributed by atoms with E-state index in [1.54, 1.807) is 30.3 Å². The number of amides is 1. The number of likely N-dealkylation sites (N-methyl/N-ethyl adjacent to an activating group) is 1. The van der Waals surface area contributed by atoms with Gasteiger partial charge in [0.1, 0.15) is 6.54 Å². The largest absolute Gasteiger partial charge is 0.351 e. The Balaban J connectivity index is 0.00000225. The van der Waals surface area contributed by atoms with Crippen molar-refractivity contribution in [3.8, 4) is 0 Å². The summed E-state index contributed by atoms with van der Waals surface area (Å²) in [5, 5.41) is 5.57. The molecular weight excluding hydrogens is 447 g/mol. The fraction of sp³-hybridized carbons (Fsp3) is 0.667. The lowest BCUT2D eigenvalue weighted by atomic mass is 9.82. The van der Waals surface area contributed by atoms with Crippen LogP contribution in [-0.2, 0) is 11.3 Å². The zero-order chi connectivity index (χ0) is 16.9. The number of hydrogen-bond acceptors (Lipinski definition) is 3. The van der Waals surface area contributed by atoms with E-state index in [2.05, 4.69) is 32.7 Å². The van der Waals surface area contributed by atoms with Gasteiger partial charge in [-0.25, -0.2) is 4.99 Å². The highest BCUT2D eigenvalue weighted by molar-refractivity contribution is 14.0. The summed E-state index contributed by atoms with van der Waals surface area (Å²) in [6.45, 7) is 3.15. The predicted octanol–water partition coefficient (Wildman–Crippen LogP) is 3.02. The van der Waals surface area contributed by atoms with Crippen molar-refractivity contribution in [3.63, 3.8) is 0 Å². The van der Waals surface area contributed by atoms with Crippen molar-refractivity contribution in [1.82, 2.24) is 15.1 Å². The zero-order valence-electron chi connectivity index (χ0n) is 15.1. The Labute approximate surface area is 171 Å². The third-order valence-electron chi connectivity index (χ3n) is 5.14. The minimum absolute atomic E-state index is 0. The molecule has 2 aliphatic rings. The maximum atomic E-state index is 11.9. The Hall–Kier alpha value is -0.830. The van der Waals surface area contributed by atoms with Crippen LogP contribution in [0.3, 0.4) is 0 Å². The molecule has 1 aromatic heterocycles. The zero-order valence-corrected chi connectivity index (χ0v) is 18.3. The summed E-state index contributed by atoms with van der Waals surface area (Å²) < 4.78 is 0. The minimum atomic E-state index is 0. The van der Waals surface area contributed by atoms with Gasteiger partial charge in [0.25, 0.3) is 0 Å². The van der Waals surface area contributed by atoms with Gasteiger partial charge in [0.05, 0.1) is 6.54 Å². The third kappa shape index (κ3) is 5.57. The number of thiophene rings is 1. The first kappa shape index (κ1) is 20.5. The van der Waals surface area contributed by atoms with E-state index < -0.39 is 0 Å². The molecule has 2 atom stereocenters. The van der Waals surface area contributed by atoms with Crippen molar-refractivity contribution in [1.29, 1.82) is 0 Å². The molecule has 2 fully saturated rings. The van der Waals surface area contributed by atoms with Crippen LogP contribution in [0.4, 0.5) is 0 Å². The fourth-order valence-electron chi connectivity index (χ4n) is 3.71. The number of guanidine groups is 1. The van der Waals surface area contributed by atoms with Crippen molar-refractivity contribution < 1.29 is 4.79 Å². The van der Waals surface area contributed by atoms with Crippen LogP contribution in [0.5, 0.6) is 0 Å². The highest BCUT2D eigenvalue weighted by Crippen LogP contribution is 2.36. The average Bonchev–Trinajstić information content (AvgIpc) is 3.23. The quantitative estimate of drug-likeness (QED) is 0.413. The van der Waals surface area contributed by atoms with E-state index >= 15 is 0 Å². The predicted molar refractivity (Wildman–Crippen MR) is 115 cm³/mol. The molecule has 0 spiro atoms. The molecule has 1 N–H and O–H groups in total. The van der Waals surface area contributed by atoms with Gasteiger partial charge in [-0.05, 0) is 36.1 Å². The Morgan fingerprint density at radius 3 is 2.56 bits per heavy atom. The molecule has 7 heteroatoms. The summed E-state index contributed by atoms with van der Waals surface area (Å²) in [7, 11) is 3.56. The van der Waals surface area contributed by atoms with E-state index in [9.17, 15) is 4.79 Å². The van der Waals surface area contributed by atoms with Crippen LogP contribution in [0.1, 0.15) is 30.6 Å². The Morgan fingerprint density at radius 1 is 1.32 bits per heavy atom. The number of aliphatic imine (C=N–C) groups is 1. The number of hydrogen-bond donors (Lipinski definition) is 1. The Morgan fingerprint density at radius 2 is 2.00 bits per heavy atom. The minimum Gasteiger partial charge on any atom is -0.351 e. The van der Waals surface area contributed by atoms with Crippen LogP contribution in [0.15, 0.2) is 22.5 Å². The number of carbonyl (C=O) groups excluding carboxylic acids is 1. The van der Waals surface area contributed by atoms with Gasteiger partial charge in [-0.15, -0.1) is 35.3 Å².